The first-order valence-electron chi connectivity index (χ1n) is 10.4. The Morgan fingerprint density at radius 1 is 0.923 bits per heavy atom. The van der Waals surface area contributed by atoms with Gasteiger partial charge in [-0.2, -0.15) is 0 Å². The van der Waals surface area contributed by atoms with Crippen LogP contribution in [-0.4, -0.2) is 65.7 Å². The Morgan fingerprint density at radius 2 is 1.46 bits per heavy atom. The quantitative estimate of drug-likeness (QED) is 0.348. The molecule has 0 radical (unpaired) electrons. The Labute approximate surface area is 159 Å². The molecule has 1 rings (SSSR count). The first-order chi connectivity index (χ1) is 12.5. The van der Waals surface area contributed by atoms with E-state index in [2.05, 4.69) is 12.2 Å². The molecule has 0 aliphatic carbocycles. The maximum absolute atomic E-state index is 10.4. The lowest BCUT2D eigenvalue weighted by Gasteiger charge is -2.48. The van der Waals surface area contributed by atoms with Gasteiger partial charge in [0.15, 0.2) is 5.79 Å². The minimum atomic E-state index is -1.13. The number of rotatable bonds is 14. The van der Waals surface area contributed by atoms with Crippen molar-refractivity contribution < 1.29 is 24.8 Å². The lowest BCUT2D eigenvalue weighted by molar-refractivity contribution is -0.320. The van der Waals surface area contributed by atoms with E-state index in [-0.39, 0.29) is 6.61 Å². The molecule has 4 N–H and O–H groups in total. The van der Waals surface area contributed by atoms with Gasteiger partial charge in [0.05, 0.1) is 12.6 Å². The summed E-state index contributed by atoms with van der Waals surface area (Å²) in [6, 6.07) is -0.538. The van der Waals surface area contributed by atoms with E-state index in [0.29, 0.717) is 0 Å². The number of nitrogens with one attached hydrogen (secondary N) is 1. The molecule has 6 heteroatoms. The Kier molecular flexibility index (Phi) is 11.9. The highest BCUT2D eigenvalue weighted by atomic mass is 16.7. The largest absolute Gasteiger partial charge is 0.394 e. The summed E-state index contributed by atoms with van der Waals surface area (Å²) in [6.07, 6.45) is 9.72. The number of hydrogen-bond donors (Lipinski definition) is 4. The van der Waals surface area contributed by atoms with Crippen LogP contribution in [0.25, 0.3) is 0 Å². The third-order valence-electron chi connectivity index (χ3n) is 5.50. The first-order valence-corrected chi connectivity index (χ1v) is 10.4. The van der Waals surface area contributed by atoms with Crippen LogP contribution in [-0.2, 0) is 9.47 Å². The molecule has 1 heterocycles. The molecule has 1 unspecified atom stereocenters. The predicted molar refractivity (Wildman–Crippen MR) is 103 cm³/mol. The van der Waals surface area contributed by atoms with Crippen LogP contribution >= 0.6 is 0 Å². The summed E-state index contributed by atoms with van der Waals surface area (Å²) < 4.78 is 11.1. The molecule has 0 aromatic rings. The van der Waals surface area contributed by atoms with Crippen LogP contribution in [0.15, 0.2) is 0 Å². The van der Waals surface area contributed by atoms with Crippen molar-refractivity contribution in [3.05, 3.63) is 0 Å². The summed E-state index contributed by atoms with van der Waals surface area (Å²) in [4.78, 5) is 0. The van der Waals surface area contributed by atoms with Crippen LogP contribution < -0.4 is 5.32 Å². The van der Waals surface area contributed by atoms with Gasteiger partial charge in [0.25, 0.3) is 0 Å². The summed E-state index contributed by atoms with van der Waals surface area (Å²) in [5.74, 6) is -1.08. The second kappa shape index (κ2) is 13.0. The fraction of sp³-hybridized carbons (Fsp3) is 1.00. The molecule has 26 heavy (non-hydrogen) atoms. The average molecular weight is 376 g/mol. The fourth-order valence-electron chi connectivity index (χ4n) is 3.67. The second-order valence-electron chi connectivity index (χ2n) is 7.65. The van der Waals surface area contributed by atoms with Gasteiger partial charge >= 0.3 is 0 Å². The molecule has 0 bridgehead atoms. The molecular formula is C20H41NO5. The number of aliphatic hydroxyl groups is 3. The van der Waals surface area contributed by atoms with Gasteiger partial charge in [-0.1, -0.05) is 64.7 Å². The normalized spacial score (nSPS) is 32.1. The van der Waals surface area contributed by atoms with Crippen LogP contribution in [0.3, 0.4) is 0 Å². The Hall–Kier alpha value is -0.240. The number of ether oxygens (including phenoxy) is 2. The molecule has 0 saturated carbocycles. The molecule has 6 nitrogen and oxygen atoms in total. The lowest BCUT2D eigenvalue weighted by Crippen LogP contribution is -2.69. The van der Waals surface area contributed by atoms with E-state index in [9.17, 15) is 15.3 Å². The van der Waals surface area contributed by atoms with E-state index >= 15 is 0 Å². The molecule has 1 aliphatic rings. The molecule has 1 saturated heterocycles. The van der Waals surface area contributed by atoms with Crippen molar-refractivity contribution in [2.45, 2.75) is 108 Å². The van der Waals surface area contributed by atoms with Crippen LogP contribution in [0.5, 0.6) is 0 Å². The molecule has 0 amide bonds. The number of unbranched alkanes of at least 4 members (excludes halogenated alkanes) is 9. The van der Waals surface area contributed by atoms with E-state index in [1.165, 1.54) is 58.5 Å². The summed E-state index contributed by atoms with van der Waals surface area (Å²) in [5, 5.41) is 33.0. The molecule has 1 fully saturated rings. The summed E-state index contributed by atoms with van der Waals surface area (Å²) >= 11 is 0. The Morgan fingerprint density at radius 3 is 1.96 bits per heavy atom. The third kappa shape index (κ3) is 7.41. The monoisotopic (exact) mass is 375 g/mol. The van der Waals surface area contributed by atoms with E-state index in [1.807, 2.05) is 0 Å². The van der Waals surface area contributed by atoms with Crippen LogP contribution in [0, 0.1) is 0 Å². The maximum atomic E-state index is 10.4. The second-order valence-corrected chi connectivity index (χ2v) is 7.65. The summed E-state index contributed by atoms with van der Waals surface area (Å²) in [6.45, 7) is 4.34. The summed E-state index contributed by atoms with van der Waals surface area (Å²) in [5.41, 5.74) is 0. The first kappa shape index (κ1) is 23.8. The smallest absolute Gasteiger partial charge is 0.183 e. The zero-order valence-corrected chi connectivity index (χ0v) is 17.0. The van der Waals surface area contributed by atoms with E-state index in [0.717, 1.165) is 19.4 Å². The topological polar surface area (TPSA) is 91.2 Å². The van der Waals surface area contributed by atoms with Gasteiger partial charge in [-0.15, -0.1) is 0 Å². The zero-order valence-electron chi connectivity index (χ0n) is 17.0. The molecule has 0 aromatic carbocycles. The third-order valence-corrected chi connectivity index (χ3v) is 5.50. The average Bonchev–Trinajstić information content (AvgIpc) is 2.65. The molecule has 0 spiro atoms. The molecule has 5 atom stereocenters. The van der Waals surface area contributed by atoms with Crippen LogP contribution in [0.2, 0.25) is 0 Å². The highest BCUT2D eigenvalue weighted by molar-refractivity contribution is 4.99. The molecular weight excluding hydrogens is 334 g/mol. The van der Waals surface area contributed by atoms with E-state index < -0.39 is 30.1 Å². The van der Waals surface area contributed by atoms with Gasteiger partial charge in [0.2, 0.25) is 0 Å². The zero-order chi connectivity index (χ0) is 19.4. The van der Waals surface area contributed by atoms with Crippen molar-refractivity contribution in [2.75, 3.05) is 20.3 Å². The van der Waals surface area contributed by atoms with E-state index in [4.69, 9.17) is 9.47 Å². The minimum Gasteiger partial charge on any atom is -0.394 e. The highest BCUT2D eigenvalue weighted by Crippen LogP contribution is 2.30. The molecule has 156 valence electrons. The van der Waals surface area contributed by atoms with Crippen LogP contribution in [0.1, 0.15) is 78.1 Å². The molecule has 1 aliphatic heterocycles. The highest BCUT2D eigenvalue weighted by Gasteiger charge is 2.51. The van der Waals surface area contributed by atoms with E-state index in [1.54, 1.807) is 6.92 Å². The number of aliphatic hydroxyl groups excluding tert-OH is 3. The molecule has 0 aromatic heterocycles. The van der Waals surface area contributed by atoms with Crippen molar-refractivity contribution in [1.82, 2.24) is 5.32 Å². The lowest BCUT2D eigenvalue weighted by atomic mass is 9.91. The summed E-state index contributed by atoms with van der Waals surface area (Å²) in [7, 11) is 1.51. The van der Waals surface area contributed by atoms with Crippen molar-refractivity contribution >= 4 is 0 Å². The van der Waals surface area contributed by atoms with Gasteiger partial charge in [-0.25, -0.2) is 0 Å². The Balaban J connectivity index is 2.20. The maximum Gasteiger partial charge on any atom is 0.183 e. The minimum absolute atomic E-state index is 0.359. The van der Waals surface area contributed by atoms with Gasteiger partial charge < -0.3 is 30.1 Å². The van der Waals surface area contributed by atoms with Crippen LogP contribution in [0.4, 0.5) is 0 Å². The number of methoxy groups -OCH3 is 1. The van der Waals surface area contributed by atoms with Gasteiger partial charge in [0, 0.05) is 7.11 Å². The fourth-order valence-corrected chi connectivity index (χ4v) is 3.67. The van der Waals surface area contributed by atoms with Crippen molar-refractivity contribution in [3.8, 4) is 0 Å². The van der Waals surface area contributed by atoms with Gasteiger partial charge in [-0.3, -0.25) is 0 Å². The van der Waals surface area contributed by atoms with Crippen molar-refractivity contribution in [2.24, 2.45) is 0 Å². The van der Waals surface area contributed by atoms with Gasteiger partial charge in [-0.05, 0) is 19.9 Å². The Bertz CT molecular complexity index is 357. The standard InChI is InChI=1S/C20H41NO5/c1-4-5-6-7-8-9-10-11-12-13-14-21-19-18(24)17(23)16(15-22)26-20(19,2)25-3/h16-19,21-24H,4-15H2,1-3H3/t16-,17-,18+,19+,20?/m1/s1. The van der Waals surface area contributed by atoms with Gasteiger partial charge in [0.1, 0.15) is 18.3 Å². The predicted octanol–water partition coefficient (Wildman–Crippen LogP) is 2.34. The van der Waals surface area contributed by atoms with Crippen molar-refractivity contribution in [1.29, 1.82) is 0 Å². The number of hydrogen-bond acceptors (Lipinski definition) is 6. The van der Waals surface area contributed by atoms with Crippen molar-refractivity contribution in [3.63, 3.8) is 0 Å². The SMILES string of the molecule is CCCCCCCCCCCCN[C@H]1[C@@H](O)[C@H](O)[C@@H](CO)OC1(C)OC.